The molecule has 3 rings (SSSR count). The monoisotopic (exact) mass is 393 g/mol. The fourth-order valence-electron chi connectivity index (χ4n) is 2.06. The summed E-state index contributed by atoms with van der Waals surface area (Å²) in [4.78, 5) is 27.1. The lowest BCUT2D eigenvalue weighted by Gasteiger charge is -2.07. The van der Waals surface area contributed by atoms with Crippen LogP contribution in [0.25, 0.3) is 10.3 Å². The maximum atomic E-state index is 12.2. The molecule has 2 aromatic heterocycles. The topological polar surface area (TPSA) is 71.0 Å². The second-order valence-corrected chi connectivity index (χ2v) is 7.89. The fourth-order valence-corrected chi connectivity index (χ4v) is 4.15. The molecule has 130 valence electrons. The summed E-state index contributed by atoms with van der Waals surface area (Å²) in [5.74, 6) is 0.0887. The summed E-state index contributed by atoms with van der Waals surface area (Å²) >= 11 is 9.01. The largest absolute Gasteiger partial charge is 0.354 e. The van der Waals surface area contributed by atoms with Crippen LogP contribution in [-0.4, -0.2) is 40.7 Å². The normalized spacial score (nSPS) is 10.9. The summed E-state index contributed by atoms with van der Waals surface area (Å²) in [6.45, 7) is 1.95. The van der Waals surface area contributed by atoms with E-state index in [4.69, 9.17) is 11.6 Å². The Labute approximate surface area is 158 Å². The van der Waals surface area contributed by atoms with Crippen LogP contribution in [0, 0.1) is 6.92 Å². The molecule has 0 radical (unpaired) electrons. The van der Waals surface area contributed by atoms with Gasteiger partial charge in [0.2, 0.25) is 5.91 Å². The number of nitrogens with one attached hydrogen (secondary N) is 1. The zero-order valence-electron chi connectivity index (χ0n) is 13.9. The van der Waals surface area contributed by atoms with Gasteiger partial charge in [0.1, 0.15) is 16.1 Å². The number of carbonyl (C=O) groups is 1. The third kappa shape index (κ3) is 4.20. The van der Waals surface area contributed by atoms with Crippen LogP contribution in [0.2, 0.25) is 5.02 Å². The van der Waals surface area contributed by atoms with Crippen molar-refractivity contribution in [1.82, 2.24) is 15.0 Å². The maximum absolute atomic E-state index is 12.2. The predicted molar refractivity (Wildman–Crippen MR) is 105 cm³/mol. The molecule has 1 amide bonds. The van der Waals surface area contributed by atoms with Gasteiger partial charge in [-0.25, -0.2) is 9.97 Å². The van der Waals surface area contributed by atoms with Gasteiger partial charge in [-0.1, -0.05) is 40.8 Å². The van der Waals surface area contributed by atoms with Crippen LogP contribution in [0.15, 0.2) is 29.6 Å². The van der Waals surface area contributed by atoms with E-state index in [2.05, 4.69) is 20.3 Å². The minimum Gasteiger partial charge on any atom is -0.354 e. The van der Waals surface area contributed by atoms with Crippen molar-refractivity contribution in [3.8, 4) is 0 Å². The molecule has 0 saturated carbocycles. The Bertz CT molecular complexity index is 928. The second-order valence-electron chi connectivity index (χ2n) is 5.54. The highest BCUT2D eigenvalue weighted by molar-refractivity contribution is 8.00. The second kappa shape index (κ2) is 7.55. The average Bonchev–Trinajstić information content (AvgIpc) is 3.00. The predicted octanol–water partition coefficient (Wildman–Crippen LogP) is 3.84. The Balaban J connectivity index is 1.70. The fraction of sp³-hybridized carbons (Fsp3) is 0.250. The number of nitrogens with zero attached hydrogens (tertiary/aromatic N) is 4. The molecule has 0 saturated heterocycles. The van der Waals surface area contributed by atoms with Crippen molar-refractivity contribution >= 4 is 61.8 Å². The molecule has 3 aromatic rings. The van der Waals surface area contributed by atoms with E-state index in [1.165, 1.54) is 29.4 Å². The number of rotatable bonds is 5. The highest BCUT2D eigenvalue weighted by Crippen LogP contribution is 2.33. The lowest BCUT2D eigenvalue weighted by molar-refractivity contribution is -0.113. The summed E-state index contributed by atoms with van der Waals surface area (Å²) in [5.41, 5.74) is 2.30. The van der Waals surface area contributed by atoms with Gasteiger partial charge < -0.3 is 10.2 Å². The number of amides is 1. The van der Waals surface area contributed by atoms with Gasteiger partial charge in [-0.2, -0.15) is 4.98 Å². The van der Waals surface area contributed by atoms with Crippen molar-refractivity contribution in [2.45, 2.75) is 11.9 Å². The molecule has 0 aliphatic carbocycles. The van der Waals surface area contributed by atoms with Gasteiger partial charge in [0.05, 0.1) is 16.5 Å². The van der Waals surface area contributed by atoms with Crippen LogP contribution < -0.4 is 10.2 Å². The van der Waals surface area contributed by atoms with Crippen molar-refractivity contribution in [3.05, 3.63) is 35.1 Å². The lowest BCUT2D eigenvalue weighted by Crippen LogP contribution is -2.14. The van der Waals surface area contributed by atoms with Crippen molar-refractivity contribution < 1.29 is 4.79 Å². The van der Waals surface area contributed by atoms with E-state index in [-0.39, 0.29) is 11.7 Å². The zero-order valence-corrected chi connectivity index (χ0v) is 16.3. The van der Waals surface area contributed by atoms with E-state index in [1.54, 1.807) is 6.07 Å². The Hall–Kier alpha value is -1.90. The van der Waals surface area contributed by atoms with E-state index >= 15 is 0 Å². The number of anilines is 2. The van der Waals surface area contributed by atoms with Crippen LogP contribution in [0.3, 0.4) is 0 Å². The van der Waals surface area contributed by atoms with Gasteiger partial charge in [0, 0.05) is 14.1 Å². The van der Waals surface area contributed by atoms with Crippen molar-refractivity contribution in [2.75, 3.05) is 30.1 Å². The zero-order chi connectivity index (χ0) is 18.0. The molecule has 1 aromatic carbocycles. The summed E-state index contributed by atoms with van der Waals surface area (Å²) in [7, 11) is 3.85. The van der Waals surface area contributed by atoms with E-state index in [0.29, 0.717) is 16.4 Å². The Morgan fingerprint density at radius 2 is 2.16 bits per heavy atom. The number of carbonyl (C=O) groups excluding carboxylic acids is 1. The van der Waals surface area contributed by atoms with Gasteiger partial charge in [-0.15, -0.1) is 0 Å². The number of aromatic nitrogens is 3. The number of hydrogen-bond acceptors (Lipinski definition) is 7. The van der Waals surface area contributed by atoms with Crippen LogP contribution >= 0.6 is 34.7 Å². The third-order valence-electron chi connectivity index (χ3n) is 3.27. The first-order chi connectivity index (χ1) is 11.9. The van der Waals surface area contributed by atoms with Crippen LogP contribution in [0.4, 0.5) is 10.8 Å². The Kier molecular flexibility index (Phi) is 5.41. The molecular formula is C16H16ClN5OS2. The molecule has 1 N–H and O–H groups in total. The maximum Gasteiger partial charge on any atom is 0.234 e. The molecule has 9 heteroatoms. The molecule has 0 aliphatic heterocycles. The van der Waals surface area contributed by atoms with Crippen molar-refractivity contribution in [3.63, 3.8) is 0 Å². The van der Waals surface area contributed by atoms with Gasteiger partial charge in [-0.05, 0) is 24.6 Å². The highest BCUT2D eigenvalue weighted by atomic mass is 35.5. The molecule has 0 spiro atoms. The van der Waals surface area contributed by atoms with Crippen LogP contribution in [0.5, 0.6) is 0 Å². The summed E-state index contributed by atoms with van der Waals surface area (Å²) < 4.78 is 0.886. The van der Waals surface area contributed by atoms with E-state index in [9.17, 15) is 4.79 Å². The number of aryl methyl sites for hydroxylation is 1. The van der Waals surface area contributed by atoms with E-state index < -0.39 is 0 Å². The number of halogens is 1. The molecule has 2 heterocycles. The smallest absolute Gasteiger partial charge is 0.234 e. The quantitative estimate of drug-likeness (QED) is 0.524. The first-order valence-corrected chi connectivity index (χ1v) is 9.59. The molecule has 0 fully saturated rings. The highest BCUT2D eigenvalue weighted by Gasteiger charge is 2.14. The van der Waals surface area contributed by atoms with Crippen LogP contribution in [-0.2, 0) is 4.79 Å². The van der Waals surface area contributed by atoms with Crippen LogP contribution in [0.1, 0.15) is 5.56 Å². The Morgan fingerprint density at radius 3 is 2.88 bits per heavy atom. The first-order valence-electron chi connectivity index (χ1n) is 7.41. The number of fused-ring (bicyclic) bond motifs is 1. The Morgan fingerprint density at radius 1 is 1.36 bits per heavy atom. The van der Waals surface area contributed by atoms with Gasteiger partial charge in [0.25, 0.3) is 0 Å². The minimum absolute atomic E-state index is 0.139. The number of thiazole rings is 1. The molecule has 0 unspecified atom stereocenters. The number of hydrogen-bond donors (Lipinski definition) is 1. The van der Waals surface area contributed by atoms with E-state index in [1.807, 2.05) is 38.1 Å². The summed E-state index contributed by atoms with van der Waals surface area (Å²) in [6, 6.07) is 5.52. The summed E-state index contributed by atoms with van der Waals surface area (Å²) in [5, 5.41) is 4.96. The SMILES string of the molecule is Cc1ccc(NC(=O)CSc2ncnc3nc(N(C)C)sc23)c(Cl)c1. The standard InChI is InChI=1S/C16H16ClN5OS2/c1-9-4-5-11(10(17)6-9)20-12(23)7-24-15-13-14(18-8-19-15)21-16(25-13)22(2)3/h4-6,8H,7H2,1-3H3,(H,20,23). The molecule has 25 heavy (non-hydrogen) atoms. The summed E-state index contributed by atoms with van der Waals surface area (Å²) in [6.07, 6.45) is 1.47. The first kappa shape index (κ1) is 17.9. The molecule has 0 bridgehead atoms. The lowest BCUT2D eigenvalue weighted by atomic mass is 10.2. The number of benzene rings is 1. The molecule has 0 atom stereocenters. The van der Waals surface area contributed by atoms with Gasteiger partial charge in [0.15, 0.2) is 10.8 Å². The molecule has 6 nitrogen and oxygen atoms in total. The van der Waals surface area contributed by atoms with Gasteiger partial charge >= 0.3 is 0 Å². The van der Waals surface area contributed by atoms with Crippen molar-refractivity contribution in [1.29, 1.82) is 0 Å². The third-order valence-corrected chi connectivity index (χ3v) is 5.92. The van der Waals surface area contributed by atoms with Gasteiger partial charge in [-0.3, -0.25) is 4.79 Å². The average molecular weight is 394 g/mol. The van der Waals surface area contributed by atoms with E-state index in [0.717, 1.165) is 20.4 Å². The number of thioether (sulfide) groups is 1. The molecule has 0 aliphatic rings. The molecular weight excluding hydrogens is 378 g/mol. The minimum atomic E-state index is -0.139. The van der Waals surface area contributed by atoms with Crippen molar-refractivity contribution in [2.24, 2.45) is 0 Å².